The molecule has 1 aromatic heterocycles. The van der Waals surface area contributed by atoms with Crippen LogP contribution in [0.2, 0.25) is 0 Å². The van der Waals surface area contributed by atoms with E-state index in [1.54, 1.807) is 0 Å². The number of halogens is 2. The minimum absolute atomic E-state index is 0.0948. The Morgan fingerprint density at radius 1 is 1.33 bits per heavy atom. The maximum absolute atomic E-state index is 13.4. The number of hydrogen-bond donors (Lipinski definition) is 3. The van der Waals surface area contributed by atoms with Crippen LogP contribution in [0.4, 0.5) is 15.9 Å². The molecule has 0 amide bonds. The molecule has 0 spiro atoms. The van der Waals surface area contributed by atoms with Crippen molar-refractivity contribution in [1.29, 1.82) is 0 Å². The van der Waals surface area contributed by atoms with Gasteiger partial charge in [-0.15, -0.1) is 0 Å². The van der Waals surface area contributed by atoms with E-state index in [9.17, 15) is 9.18 Å². The second-order valence-corrected chi connectivity index (χ2v) is 5.27. The van der Waals surface area contributed by atoms with Crippen LogP contribution in [-0.2, 0) is 0 Å². The standard InChI is InChI=1S/C10H8BrFN4OS/c11-4-1-6(13)7(2-5(4)12)18-10-15-8(14)3-9(17)16-10/h1-3H,13H2,(H3,14,15,16,17). The third-order valence-electron chi connectivity index (χ3n) is 2.00. The Hall–Kier alpha value is -1.54. The molecule has 0 saturated carbocycles. The van der Waals surface area contributed by atoms with Gasteiger partial charge in [0.1, 0.15) is 11.6 Å². The van der Waals surface area contributed by atoms with Crippen molar-refractivity contribution >= 4 is 39.2 Å². The van der Waals surface area contributed by atoms with Crippen LogP contribution in [0.1, 0.15) is 0 Å². The molecule has 18 heavy (non-hydrogen) atoms. The molecule has 2 aromatic rings. The summed E-state index contributed by atoms with van der Waals surface area (Å²) in [6.45, 7) is 0. The molecule has 0 aliphatic heterocycles. The van der Waals surface area contributed by atoms with Gasteiger partial charge in [0.25, 0.3) is 5.56 Å². The van der Waals surface area contributed by atoms with Gasteiger partial charge in [-0.25, -0.2) is 9.37 Å². The number of anilines is 2. The molecule has 5 nitrogen and oxygen atoms in total. The molecule has 0 bridgehead atoms. The number of nitrogens with two attached hydrogens (primary N) is 2. The van der Waals surface area contributed by atoms with E-state index in [4.69, 9.17) is 11.5 Å². The molecule has 1 aromatic carbocycles. The highest BCUT2D eigenvalue weighted by Crippen LogP contribution is 2.33. The second kappa shape index (κ2) is 4.99. The third-order valence-corrected chi connectivity index (χ3v) is 3.57. The topological polar surface area (TPSA) is 97.8 Å². The third kappa shape index (κ3) is 2.82. The van der Waals surface area contributed by atoms with E-state index < -0.39 is 5.82 Å². The van der Waals surface area contributed by atoms with Crippen molar-refractivity contribution in [2.45, 2.75) is 10.1 Å². The van der Waals surface area contributed by atoms with E-state index in [2.05, 4.69) is 25.9 Å². The Morgan fingerprint density at radius 3 is 2.72 bits per heavy atom. The molecule has 0 saturated heterocycles. The number of aromatic amines is 1. The van der Waals surface area contributed by atoms with E-state index in [1.807, 2.05) is 0 Å². The molecule has 0 radical (unpaired) electrons. The van der Waals surface area contributed by atoms with Gasteiger partial charge in [-0.3, -0.25) is 4.79 Å². The van der Waals surface area contributed by atoms with Gasteiger partial charge in [0.2, 0.25) is 0 Å². The van der Waals surface area contributed by atoms with E-state index in [0.717, 1.165) is 17.8 Å². The highest BCUT2D eigenvalue weighted by molar-refractivity contribution is 9.10. The fourth-order valence-corrected chi connectivity index (χ4v) is 2.45. The lowest BCUT2D eigenvalue weighted by molar-refractivity contribution is 0.618. The van der Waals surface area contributed by atoms with Gasteiger partial charge in [-0.1, -0.05) is 0 Å². The Bertz CT molecular complexity index is 661. The number of rotatable bonds is 2. The Labute approximate surface area is 114 Å². The van der Waals surface area contributed by atoms with Crippen LogP contribution in [0.3, 0.4) is 0 Å². The number of nitrogens with zero attached hydrogens (tertiary/aromatic N) is 1. The smallest absolute Gasteiger partial charge is 0.253 e. The normalized spacial score (nSPS) is 10.6. The minimum Gasteiger partial charge on any atom is -0.398 e. The molecule has 0 aliphatic rings. The van der Waals surface area contributed by atoms with Crippen LogP contribution in [0.5, 0.6) is 0 Å². The average molecular weight is 331 g/mol. The molecule has 0 fully saturated rings. The highest BCUT2D eigenvalue weighted by Gasteiger charge is 2.09. The maximum Gasteiger partial charge on any atom is 0.253 e. The number of nitrogen functional groups attached to an aromatic ring is 2. The summed E-state index contributed by atoms with van der Waals surface area (Å²) in [4.78, 5) is 18.1. The monoisotopic (exact) mass is 330 g/mol. The number of hydrogen-bond acceptors (Lipinski definition) is 5. The first-order valence-electron chi connectivity index (χ1n) is 4.75. The van der Waals surface area contributed by atoms with Crippen LogP contribution >= 0.6 is 27.7 Å². The van der Waals surface area contributed by atoms with Crippen molar-refractivity contribution in [2.75, 3.05) is 11.5 Å². The summed E-state index contributed by atoms with van der Waals surface area (Å²) in [6.07, 6.45) is 0. The highest BCUT2D eigenvalue weighted by atomic mass is 79.9. The fraction of sp³-hybridized carbons (Fsp3) is 0. The first-order chi connectivity index (χ1) is 8.45. The molecule has 8 heteroatoms. The molecule has 0 aliphatic carbocycles. The molecule has 2 rings (SSSR count). The summed E-state index contributed by atoms with van der Waals surface area (Å²) < 4.78 is 13.7. The summed E-state index contributed by atoms with van der Waals surface area (Å²) in [6, 6.07) is 3.87. The van der Waals surface area contributed by atoms with Gasteiger partial charge in [0, 0.05) is 16.6 Å². The van der Waals surface area contributed by atoms with Gasteiger partial charge in [0.05, 0.1) is 4.47 Å². The Morgan fingerprint density at radius 2 is 2.06 bits per heavy atom. The lowest BCUT2D eigenvalue weighted by atomic mass is 10.3. The first kappa shape index (κ1) is 12.9. The number of benzene rings is 1. The summed E-state index contributed by atoms with van der Waals surface area (Å²) in [5, 5.41) is 0.258. The van der Waals surface area contributed by atoms with Crippen LogP contribution < -0.4 is 17.0 Å². The van der Waals surface area contributed by atoms with Gasteiger partial charge in [0.15, 0.2) is 5.16 Å². The first-order valence-corrected chi connectivity index (χ1v) is 6.36. The lowest BCUT2D eigenvalue weighted by Gasteiger charge is -2.06. The number of H-pyrrole nitrogens is 1. The zero-order valence-corrected chi connectivity index (χ0v) is 11.3. The summed E-state index contributed by atoms with van der Waals surface area (Å²) in [5.74, 6) is -0.352. The molecule has 5 N–H and O–H groups in total. The van der Waals surface area contributed by atoms with Crippen LogP contribution in [0, 0.1) is 5.82 Å². The largest absolute Gasteiger partial charge is 0.398 e. The van der Waals surface area contributed by atoms with Gasteiger partial charge in [-0.05, 0) is 39.8 Å². The van der Waals surface area contributed by atoms with Crippen molar-refractivity contribution in [1.82, 2.24) is 9.97 Å². The van der Waals surface area contributed by atoms with Crippen LogP contribution in [0.25, 0.3) is 0 Å². The summed E-state index contributed by atoms with van der Waals surface area (Å²) >= 11 is 4.06. The zero-order valence-electron chi connectivity index (χ0n) is 8.91. The van der Waals surface area contributed by atoms with Gasteiger partial charge < -0.3 is 16.5 Å². The van der Waals surface area contributed by atoms with Crippen molar-refractivity contribution in [3.63, 3.8) is 0 Å². The van der Waals surface area contributed by atoms with E-state index in [1.165, 1.54) is 12.1 Å². The molecule has 1 heterocycles. The van der Waals surface area contributed by atoms with Crippen molar-refractivity contribution in [3.8, 4) is 0 Å². The lowest BCUT2D eigenvalue weighted by Crippen LogP contribution is -2.09. The fourth-order valence-electron chi connectivity index (χ4n) is 1.24. The maximum atomic E-state index is 13.4. The van der Waals surface area contributed by atoms with E-state index >= 15 is 0 Å². The predicted molar refractivity (Wildman–Crippen MR) is 71.9 cm³/mol. The van der Waals surface area contributed by atoms with Crippen molar-refractivity contribution < 1.29 is 4.39 Å². The summed E-state index contributed by atoms with van der Waals surface area (Å²) in [7, 11) is 0. The van der Waals surface area contributed by atoms with Gasteiger partial charge >= 0.3 is 0 Å². The van der Waals surface area contributed by atoms with Crippen molar-refractivity contribution in [3.05, 3.63) is 38.8 Å². The predicted octanol–water partition coefficient (Wildman–Crippen LogP) is 1.99. The molecular formula is C10H8BrFN4OS. The number of nitrogens with one attached hydrogen (secondary N) is 1. The average Bonchev–Trinajstić information content (AvgIpc) is 2.24. The molecule has 0 atom stereocenters. The van der Waals surface area contributed by atoms with Crippen LogP contribution in [0.15, 0.2) is 37.5 Å². The summed E-state index contributed by atoms with van der Waals surface area (Å²) in [5.41, 5.74) is 11.2. The van der Waals surface area contributed by atoms with Crippen LogP contribution in [-0.4, -0.2) is 9.97 Å². The van der Waals surface area contributed by atoms with E-state index in [0.29, 0.717) is 10.6 Å². The second-order valence-electron chi connectivity index (χ2n) is 3.38. The SMILES string of the molecule is Nc1cc(=O)[nH]c(Sc2cc(F)c(Br)cc2N)n1. The quantitative estimate of drug-likeness (QED) is 0.577. The van der Waals surface area contributed by atoms with Gasteiger partial charge in [-0.2, -0.15) is 0 Å². The zero-order chi connectivity index (χ0) is 13.3. The molecule has 0 unspecified atom stereocenters. The van der Waals surface area contributed by atoms with Crippen molar-refractivity contribution in [2.24, 2.45) is 0 Å². The van der Waals surface area contributed by atoms with E-state index in [-0.39, 0.29) is 21.0 Å². The Kier molecular flexibility index (Phi) is 3.58. The molecular weight excluding hydrogens is 323 g/mol. The Balaban J connectivity index is 2.39. The number of aromatic nitrogens is 2. The minimum atomic E-state index is -0.446. The molecule has 94 valence electrons.